The Hall–Kier alpha value is -0.160. The van der Waals surface area contributed by atoms with E-state index in [0.717, 1.165) is 39.1 Å². The Kier molecular flexibility index (Phi) is 15.8. The number of rotatable bonds is 15. The van der Waals surface area contributed by atoms with E-state index >= 15 is 0 Å². The van der Waals surface area contributed by atoms with Gasteiger partial charge in [0.15, 0.2) is 0 Å². The van der Waals surface area contributed by atoms with Crippen LogP contribution in [0.5, 0.6) is 0 Å². The van der Waals surface area contributed by atoms with Gasteiger partial charge in [-0.05, 0) is 31.8 Å². The summed E-state index contributed by atoms with van der Waals surface area (Å²) in [6.45, 7) is 13.0. The van der Waals surface area contributed by atoms with E-state index in [1.807, 2.05) is 0 Å². The predicted octanol–water partition coefficient (Wildman–Crippen LogP) is 2.47. The Morgan fingerprint density at radius 3 is 2.00 bits per heavy atom. The van der Waals surface area contributed by atoms with Crippen molar-refractivity contribution in [3.63, 3.8) is 0 Å². The van der Waals surface area contributed by atoms with Crippen molar-refractivity contribution in [2.75, 3.05) is 52.7 Å². The summed E-state index contributed by atoms with van der Waals surface area (Å²) in [5, 5.41) is 3.34. The summed E-state index contributed by atoms with van der Waals surface area (Å²) in [7, 11) is 0. The zero-order valence-corrected chi connectivity index (χ0v) is 13.1. The third kappa shape index (κ3) is 15.8. The summed E-state index contributed by atoms with van der Waals surface area (Å²) in [4.78, 5) is 0. The number of hydrogen-bond acceptors (Lipinski definition) is 4. The van der Waals surface area contributed by atoms with Crippen molar-refractivity contribution >= 4 is 0 Å². The van der Waals surface area contributed by atoms with Gasteiger partial charge in [0.25, 0.3) is 0 Å². The van der Waals surface area contributed by atoms with E-state index in [9.17, 15) is 0 Å². The Bertz CT molecular complexity index is 167. The number of unbranched alkanes of at least 4 members (excludes halogenated alkanes) is 1. The molecule has 0 aromatic carbocycles. The first-order chi connectivity index (χ1) is 9.31. The summed E-state index contributed by atoms with van der Waals surface area (Å²) >= 11 is 0. The number of ether oxygens (including phenoxy) is 3. The van der Waals surface area contributed by atoms with Gasteiger partial charge in [0.05, 0.1) is 26.4 Å². The molecule has 1 atom stereocenters. The molecule has 0 radical (unpaired) electrons. The van der Waals surface area contributed by atoms with Gasteiger partial charge in [0, 0.05) is 13.2 Å². The normalized spacial score (nSPS) is 12.8. The second-order valence-corrected chi connectivity index (χ2v) is 4.89. The van der Waals surface area contributed by atoms with Crippen LogP contribution in [0.1, 0.15) is 40.0 Å². The van der Waals surface area contributed by atoms with Crippen LogP contribution >= 0.6 is 0 Å². The lowest BCUT2D eigenvalue weighted by atomic mass is 10.1. The standard InChI is InChI=1S/C15H33NO3/c1-4-6-8-17-10-12-19-13-11-18-9-7-15(3)14-16-5-2/h15-16H,4-14H2,1-3H3. The molecular formula is C15H33NO3. The second kappa shape index (κ2) is 15.9. The van der Waals surface area contributed by atoms with Gasteiger partial charge in [-0.15, -0.1) is 0 Å². The van der Waals surface area contributed by atoms with Crippen LogP contribution in [-0.2, 0) is 14.2 Å². The highest BCUT2D eigenvalue weighted by Crippen LogP contribution is 1.99. The van der Waals surface area contributed by atoms with E-state index in [2.05, 4.69) is 26.1 Å². The highest BCUT2D eigenvalue weighted by atomic mass is 16.5. The highest BCUT2D eigenvalue weighted by molar-refractivity contribution is 4.55. The number of hydrogen-bond donors (Lipinski definition) is 1. The first kappa shape index (κ1) is 18.8. The molecule has 1 N–H and O–H groups in total. The van der Waals surface area contributed by atoms with Crippen LogP contribution in [0.15, 0.2) is 0 Å². The second-order valence-electron chi connectivity index (χ2n) is 4.89. The van der Waals surface area contributed by atoms with E-state index in [4.69, 9.17) is 14.2 Å². The van der Waals surface area contributed by atoms with E-state index in [1.54, 1.807) is 0 Å². The van der Waals surface area contributed by atoms with Crippen LogP contribution in [0.2, 0.25) is 0 Å². The predicted molar refractivity (Wildman–Crippen MR) is 79.7 cm³/mol. The van der Waals surface area contributed by atoms with Gasteiger partial charge >= 0.3 is 0 Å². The lowest BCUT2D eigenvalue weighted by Gasteiger charge is -2.12. The molecule has 0 fully saturated rings. The lowest BCUT2D eigenvalue weighted by molar-refractivity contribution is 0.0121. The topological polar surface area (TPSA) is 39.7 Å². The molecule has 0 bridgehead atoms. The maximum Gasteiger partial charge on any atom is 0.0701 e. The van der Waals surface area contributed by atoms with Crippen LogP contribution in [0, 0.1) is 5.92 Å². The van der Waals surface area contributed by atoms with Gasteiger partial charge < -0.3 is 19.5 Å². The molecule has 4 nitrogen and oxygen atoms in total. The maximum absolute atomic E-state index is 5.54. The Morgan fingerprint density at radius 2 is 1.42 bits per heavy atom. The summed E-state index contributed by atoms with van der Waals surface area (Å²) in [5.41, 5.74) is 0. The van der Waals surface area contributed by atoms with E-state index < -0.39 is 0 Å². The Labute approximate surface area is 119 Å². The van der Waals surface area contributed by atoms with Gasteiger partial charge in [-0.25, -0.2) is 0 Å². The van der Waals surface area contributed by atoms with Crippen molar-refractivity contribution in [2.24, 2.45) is 5.92 Å². The van der Waals surface area contributed by atoms with Crippen LogP contribution < -0.4 is 5.32 Å². The largest absolute Gasteiger partial charge is 0.379 e. The molecule has 0 saturated carbocycles. The minimum absolute atomic E-state index is 0.665. The van der Waals surface area contributed by atoms with Crippen molar-refractivity contribution in [3.05, 3.63) is 0 Å². The monoisotopic (exact) mass is 275 g/mol. The minimum Gasteiger partial charge on any atom is -0.379 e. The average Bonchev–Trinajstić information content (AvgIpc) is 2.42. The quantitative estimate of drug-likeness (QED) is 0.466. The molecule has 0 aliphatic carbocycles. The molecule has 4 heteroatoms. The summed E-state index contributed by atoms with van der Waals surface area (Å²) < 4.78 is 16.4. The van der Waals surface area contributed by atoms with Crippen LogP contribution in [0.3, 0.4) is 0 Å². The Morgan fingerprint density at radius 1 is 0.842 bits per heavy atom. The fourth-order valence-electron chi connectivity index (χ4n) is 1.57. The molecule has 1 unspecified atom stereocenters. The molecule has 19 heavy (non-hydrogen) atoms. The molecule has 0 aromatic heterocycles. The molecule has 0 heterocycles. The molecule has 0 aliphatic rings. The minimum atomic E-state index is 0.665. The molecule has 0 aromatic rings. The van der Waals surface area contributed by atoms with Gasteiger partial charge in [0.1, 0.15) is 0 Å². The van der Waals surface area contributed by atoms with Gasteiger partial charge in [0.2, 0.25) is 0 Å². The molecule has 0 spiro atoms. The average molecular weight is 275 g/mol. The first-order valence-corrected chi connectivity index (χ1v) is 7.75. The van der Waals surface area contributed by atoms with E-state index in [1.165, 1.54) is 6.42 Å². The fourth-order valence-corrected chi connectivity index (χ4v) is 1.57. The third-order valence-electron chi connectivity index (χ3n) is 2.88. The van der Waals surface area contributed by atoms with Crippen molar-refractivity contribution in [2.45, 2.75) is 40.0 Å². The molecule has 0 amide bonds. The van der Waals surface area contributed by atoms with Crippen LogP contribution in [0.4, 0.5) is 0 Å². The SMILES string of the molecule is CCCCOCCOCCOCCC(C)CNCC. The van der Waals surface area contributed by atoms with Gasteiger partial charge in [-0.2, -0.15) is 0 Å². The molecular weight excluding hydrogens is 242 g/mol. The Balaban J connectivity index is 3.02. The smallest absolute Gasteiger partial charge is 0.0701 e. The first-order valence-electron chi connectivity index (χ1n) is 7.75. The molecule has 116 valence electrons. The fraction of sp³-hybridized carbons (Fsp3) is 1.00. The third-order valence-corrected chi connectivity index (χ3v) is 2.88. The van der Waals surface area contributed by atoms with E-state index in [-0.39, 0.29) is 0 Å². The summed E-state index contributed by atoms with van der Waals surface area (Å²) in [6, 6.07) is 0. The van der Waals surface area contributed by atoms with Crippen LogP contribution in [-0.4, -0.2) is 52.7 Å². The lowest BCUT2D eigenvalue weighted by Crippen LogP contribution is -2.21. The van der Waals surface area contributed by atoms with Crippen molar-refractivity contribution in [3.8, 4) is 0 Å². The molecule has 0 aliphatic heterocycles. The van der Waals surface area contributed by atoms with E-state index in [0.29, 0.717) is 32.3 Å². The van der Waals surface area contributed by atoms with Gasteiger partial charge in [-0.3, -0.25) is 0 Å². The van der Waals surface area contributed by atoms with Gasteiger partial charge in [-0.1, -0.05) is 27.2 Å². The van der Waals surface area contributed by atoms with Crippen molar-refractivity contribution in [1.29, 1.82) is 0 Å². The summed E-state index contributed by atoms with van der Waals surface area (Å²) in [6.07, 6.45) is 3.42. The molecule has 0 saturated heterocycles. The maximum atomic E-state index is 5.54. The highest BCUT2D eigenvalue weighted by Gasteiger charge is 2.00. The van der Waals surface area contributed by atoms with Crippen molar-refractivity contribution in [1.82, 2.24) is 5.32 Å². The number of nitrogens with one attached hydrogen (secondary N) is 1. The zero-order chi connectivity index (χ0) is 14.2. The molecule has 0 rings (SSSR count). The van der Waals surface area contributed by atoms with Crippen molar-refractivity contribution < 1.29 is 14.2 Å². The summed E-state index contributed by atoms with van der Waals surface area (Å²) in [5.74, 6) is 0.674. The zero-order valence-electron chi connectivity index (χ0n) is 13.1. The van der Waals surface area contributed by atoms with Crippen LogP contribution in [0.25, 0.3) is 0 Å².